The van der Waals surface area contributed by atoms with Crippen LogP contribution in [0.1, 0.15) is 11.1 Å². The molecule has 0 aliphatic carbocycles. The first kappa shape index (κ1) is 15.7. The number of hydrogen-bond acceptors (Lipinski definition) is 4. The molecule has 2 N–H and O–H groups in total. The standard InChI is InChI=1S/C15H14BrClN2O2/c1-20-14-4-2-10(8-19-18)6-11(14)9-21-15-5-3-12(16)7-13(15)17/h2-8H,9,18H2,1H3. The number of nitrogens with two attached hydrogens (primary N) is 1. The lowest BCUT2D eigenvalue weighted by atomic mass is 10.1. The second-order valence-corrected chi connectivity index (χ2v) is 5.54. The Hall–Kier alpha value is -1.72. The first-order valence-electron chi connectivity index (χ1n) is 6.12. The summed E-state index contributed by atoms with van der Waals surface area (Å²) in [6, 6.07) is 11.1. The highest BCUT2D eigenvalue weighted by Crippen LogP contribution is 2.29. The molecule has 0 saturated carbocycles. The molecule has 4 nitrogen and oxygen atoms in total. The lowest BCUT2D eigenvalue weighted by molar-refractivity contribution is 0.297. The average molecular weight is 370 g/mol. The summed E-state index contributed by atoms with van der Waals surface area (Å²) in [5.74, 6) is 6.51. The maximum absolute atomic E-state index is 6.13. The third-order valence-electron chi connectivity index (χ3n) is 2.81. The number of ether oxygens (including phenoxy) is 2. The van der Waals surface area contributed by atoms with Gasteiger partial charge in [0.2, 0.25) is 0 Å². The van der Waals surface area contributed by atoms with E-state index in [0.29, 0.717) is 17.4 Å². The Morgan fingerprint density at radius 3 is 2.67 bits per heavy atom. The summed E-state index contributed by atoms with van der Waals surface area (Å²) in [5, 5.41) is 4.06. The zero-order valence-corrected chi connectivity index (χ0v) is 13.7. The van der Waals surface area contributed by atoms with Gasteiger partial charge in [0.05, 0.1) is 18.3 Å². The van der Waals surface area contributed by atoms with E-state index in [0.717, 1.165) is 21.3 Å². The first-order valence-corrected chi connectivity index (χ1v) is 7.29. The van der Waals surface area contributed by atoms with Crippen LogP contribution in [0.25, 0.3) is 0 Å². The van der Waals surface area contributed by atoms with Crippen LogP contribution in [0.3, 0.4) is 0 Å². The van der Waals surface area contributed by atoms with Gasteiger partial charge in [0.25, 0.3) is 0 Å². The van der Waals surface area contributed by atoms with Gasteiger partial charge < -0.3 is 15.3 Å². The van der Waals surface area contributed by atoms with Gasteiger partial charge in [0.15, 0.2) is 0 Å². The van der Waals surface area contributed by atoms with Gasteiger partial charge in [-0.25, -0.2) is 0 Å². The molecule has 0 amide bonds. The van der Waals surface area contributed by atoms with Crippen LogP contribution >= 0.6 is 27.5 Å². The normalized spacial score (nSPS) is 10.8. The predicted molar refractivity (Wildman–Crippen MR) is 88.3 cm³/mol. The molecule has 2 rings (SSSR count). The van der Waals surface area contributed by atoms with Gasteiger partial charge in [-0.05, 0) is 42.0 Å². The summed E-state index contributed by atoms with van der Waals surface area (Å²) in [7, 11) is 1.61. The minimum absolute atomic E-state index is 0.330. The van der Waals surface area contributed by atoms with Gasteiger partial charge in [0.1, 0.15) is 18.1 Å². The van der Waals surface area contributed by atoms with E-state index < -0.39 is 0 Å². The van der Waals surface area contributed by atoms with Crippen LogP contribution < -0.4 is 15.3 Å². The van der Waals surface area contributed by atoms with Crippen molar-refractivity contribution in [3.8, 4) is 11.5 Å². The van der Waals surface area contributed by atoms with Crippen molar-refractivity contribution in [1.82, 2.24) is 0 Å². The second kappa shape index (κ2) is 7.33. The fourth-order valence-corrected chi connectivity index (χ4v) is 2.55. The third kappa shape index (κ3) is 4.12. The molecule has 2 aromatic rings. The second-order valence-electron chi connectivity index (χ2n) is 4.21. The Kier molecular flexibility index (Phi) is 5.47. The number of halogens is 2. The van der Waals surface area contributed by atoms with E-state index in [9.17, 15) is 0 Å². The Morgan fingerprint density at radius 1 is 1.24 bits per heavy atom. The molecule has 0 radical (unpaired) electrons. The maximum atomic E-state index is 6.13. The van der Waals surface area contributed by atoms with Crippen LogP contribution in [0.2, 0.25) is 5.02 Å². The van der Waals surface area contributed by atoms with E-state index in [4.69, 9.17) is 26.9 Å². The van der Waals surface area contributed by atoms with Crippen molar-refractivity contribution in [3.05, 3.63) is 57.0 Å². The van der Waals surface area contributed by atoms with Crippen LogP contribution in [-0.2, 0) is 6.61 Å². The van der Waals surface area contributed by atoms with Crippen molar-refractivity contribution in [1.29, 1.82) is 0 Å². The Labute approximate surface area is 136 Å². The lowest BCUT2D eigenvalue weighted by Gasteiger charge is -2.12. The minimum Gasteiger partial charge on any atom is -0.496 e. The minimum atomic E-state index is 0.330. The molecule has 0 aliphatic heterocycles. The summed E-state index contributed by atoms with van der Waals surface area (Å²) < 4.78 is 12.0. The van der Waals surface area contributed by atoms with E-state index in [2.05, 4.69) is 21.0 Å². The van der Waals surface area contributed by atoms with Gasteiger partial charge in [-0.2, -0.15) is 5.10 Å². The van der Waals surface area contributed by atoms with E-state index in [1.54, 1.807) is 19.4 Å². The molecule has 0 heterocycles. The highest BCUT2D eigenvalue weighted by molar-refractivity contribution is 9.10. The molecular weight excluding hydrogens is 356 g/mol. The van der Waals surface area contributed by atoms with E-state index in [1.807, 2.05) is 30.3 Å². The van der Waals surface area contributed by atoms with Crippen molar-refractivity contribution in [2.24, 2.45) is 10.9 Å². The molecule has 21 heavy (non-hydrogen) atoms. The van der Waals surface area contributed by atoms with Crippen molar-refractivity contribution in [2.75, 3.05) is 7.11 Å². The summed E-state index contributed by atoms with van der Waals surface area (Å²) in [6.45, 7) is 0.330. The zero-order chi connectivity index (χ0) is 15.2. The first-order chi connectivity index (χ1) is 10.1. The van der Waals surface area contributed by atoms with E-state index in [1.165, 1.54) is 0 Å². The predicted octanol–water partition coefficient (Wildman–Crippen LogP) is 3.98. The van der Waals surface area contributed by atoms with Crippen molar-refractivity contribution >= 4 is 33.7 Å². The van der Waals surface area contributed by atoms with Crippen molar-refractivity contribution < 1.29 is 9.47 Å². The smallest absolute Gasteiger partial charge is 0.138 e. The fourth-order valence-electron chi connectivity index (χ4n) is 1.83. The number of benzene rings is 2. The Morgan fingerprint density at radius 2 is 2.00 bits per heavy atom. The third-order valence-corrected chi connectivity index (χ3v) is 3.59. The monoisotopic (exact) mass is 368 g/mol. The quantitative estimate of drug-likeness (QED) is 0.493. The van der Waals surface area contributed by atoms with Crippen LogP contribution in [0.4, 0.5) is 0 Å². The summed E-state index contributed by atoms with van der Waals surface area (Å²) >= 11 is 9.48. The number of methoxy groups -OCH3 is 1. The highest BCUT2D eigenvalue weighted by Gasteiger charge is 2.07. The maximum Gasteiger partial charge on any atom is 0.138 e. The largest absolute Gasteiger partial charge is 0.496 e. The molecule has 110 valence electrons. The van der Waals surface area contributed by atoms with Gasteiger partial charge in [-0.3, -0.25) is 0 Å². The van der Waals surface area contributed by atoms with Gasteiger partial charge >= 0.3 is 0 Å². The molecule has 2 aromatic carbocycles. The average Bonchev–Trinajstić information content (AvgIpc) is 2.47. The molecule has 0 saturated heterocycles. The Balaban J connectivity index is 2.20. The van der Waals surface area contributed by atoms with Crippen LogP contribution in [0, 0.1) is 0 Å². The lowest BCUT2D eigenvalue weighted by Crippen LogP contribution is -2.00. The Bertz CT molecular complexity index is 662. The summed E-state index contributed by atoms with van der Waals surface area (Å²) in [4.78, 5) is 0. The molecule has 0 fully saturated rings. The summed E-state index contributed by atoms with van der Waals surface area (Å²) in [5.41, 5.74) is 1.76. The van der Waals surface area contributed by atoms with Crippen molar-refractivity contribution in [3.63, 3.8) is 0 Å². The number of nitrogens with zero attached hydrogens (tertiary/aromatic N) is 1. The van der Waals surface area contributed by atoms with Gasteiger partial charge in [-0.15, -0.1) is 0 Å². The van der Waals surface area contributed by atoms with Crippen LogP contribution in [0.15, 0.2) is 46.0 Å². The van der Waals surface area contributed by atoms with Crippen molar-refractivity contribution in [2.45, 2.75) is 6.61 Å². The zero-order valence-electron chi connectivity index (χ0n) is 11.3. The molecule has 0 aromatic heterocycles. The number of hydrazone groups is 1. The topological polar surface area (TPSA) is 56.8 Å². The molecule has 0 spiro atoms. The molecule has 0 aliphatic rings. The molecule has 0 unspecified atom stereocenters. The molecule has 0 bridgehead atoms. The summed E-state index contributed by atoms with van der Waals surface area (Å²) in [6.07, 6.45) is 1.57. The number of hydrogen-bond donors (Lipinski definition) is 1. The van der Waals surface area contributed by atoms with Gasteiger partial charge in [-0.1, -0.05) is 27.5 Å². The van der Waals surface area contributed by atoms with E-state index >= 15 is 0 Å². The SMILES string of the molecule is COc1ccc(C=NN)cc1COc1ccc(Br)cc1Cl. The van der Waals surface area contributed by atoms with Crippen LogP contribution in [0.5, 0.6) is 11.5 Å². The molecule has 0 atom stereocenters. The highest BCUT2D eigenvalue weighted by atomic mass is 79.9. The van der Waals surface area contributed by atoms with Crippen LogP contribution in [-0.4, -0.2) is 13.3 Å². The van der Waals surface area contributed by atoms with Gasteiger partial charge in [0, 0.05) is 10.0 Å². The van der Waals surface area contributed by atoms with E-state index in [-0.39, 0.29) is 0 Å². The fraction of sp³-hybridized carbons (Fsp3) is 0.133. The number of rotatable bonds is 5. The molecular formula is C15H14BrClN2O2. The molecule has 6 heteroatoms.